The van der Waals surface area contributed by atoms with Crippen molar-refractivity contribution in [3.63, 3.8) is 0 Å². The molecule has 7 heteroatoms. The third-order valence-corrected chi connectivity index (χ3v) is 3.39. The smallest absolute Gasteiger partial charge is 0.240 e. The minimum atomic E-state index is -3.71. The second-order valence-electron chi connectivity index (χ2n) is 2.71. The number of primary sulfonamides is 1. The summed E-state index contributed by atoms with van der Waals surface area (Å²) in [6.07, 6.45) is 2.90. The van der Waals surface area contributed by atoms with Crippen LogP contribution in [0, 0.1) is 0 Å². The summed E-state index contributed by atoms with van der Waals surface area (Å²) in [5, 5.41) is 5.52. The first-order valence-electron chi connectivity index (χ1n) is 3.64. The van der Waals surface area contributed by atoms with Gasteiger partial charge in [-0.2, -0.15) is 0 Å². The topological polar surface area (TPSA) is 88.8 Å². The van der Waals surface area contributed by atoms with Gasteiger partial charge in [0.15, 0.2) is 0 Å². The van der Waals surface area contributed by atoms with Gasteiger partial charge in [-0.15, -0.1) is 0 Å². The number of nitrogens with zero attached hydrogens (tertiary/aromatic N) is 1. The summed E-state index contributed by atoms with van der Waals surface area (Å²) >= 11 is 3.24. The number of hydrogen-bond donors (Lipinski definition) is 2. The lowest BCUT2D eigenvalue weighted by Crippen LogP contribution is -2.11. The minimum absolute atomic E-state index is 0.0486. The van der Waals surface area contributed by atoms with Crippen molar-refractivity contribution < 1.29 is 8.42 Å². The second kappa shape index (κ2) is 3.04. The molecule has 2 aromatic rings. The Kier molecular flexibility index (Phi) is 2.09. The zero-order valence-electron chi connectivity index (χ0n) is 6.86. The largest absolute Gasteiger partial charge is 0.345 e. The van der Waals surface area contributed by atoms with Crippen molar-refractivity contribution in [1.82, 2.24) is 9.97 Å². The maximum Gasteiger partial charge on any atom is 0.240 e. The fraction of sp³-hybridized carbons (Fsp3) is 0. The van der Waals surface area contributed by atoms with Crippen LogP contribution >= 0.6 is 15.9 Å². The number of fused-ring (bicyclic) bond motifs is 1. The van der Waals surface area contributed by atoms with Gasteiger partial charge in [-0.3, -0.25) is 0 Å². The van der Waals surface area contributed by atoms with E-state index < -0.39 is 10.0 Å². The zero-order valence-corrected chi connectivity index (χ0v) is 9.26. The van der Waals surface area contributed by atoms with Gasteiger partial charge < -0.3 is 4.98 Å². The van der Waals surface area contributed by atoms with E-state index in [4.69, 9.17) is 5.14 Å². The van der Waals surface area contributed by atoms with E-state index in [-0.39, 0.29) is 4.90 Å². The van der Waals surface area contributed by atoms with Crippen molar-refractivity contribution in [3.05, 3.63) is 22.9 Å². The molecule has 0 amide bonds. The summed E-state index contributed by atoms with van der Waals surface area (Å²) in [5.74, 6) is 0. The Morgan fingerprint density at radius 2 is 2.21 bits per heavy atom. The molecule has 2 rings (SSSR count). The molecule has 0 aliphatic heterocycles. The van der Waals surface area contributed by atoms with Crippen LogP contribution in [0.5, 0.6) is 0 Å². The first kappa shape index (κ1) is 9.63. The van der Waals surface area contributed by atoms with Gasteiger partial charge in [0.25, 0.3) is 0 Å². The van der Waals surface area contributed by atoms with Crippen LogP contribution in [0.1, 0.15) is 0 Å². The highest BCUT2D eigenvalue weighted by Gasteiger charge is 2.16. The van der Waals surface area contributed by atoms with Gasteiger partial charge in [0.1, 0.15) is 10.5 Å². The van der Waals surface area contributed by atoms with Crippen molar-refractivity contribution in [3.8, 4) is 0 Å². The van der Waals surface area contributed by atoms with Gasteiger partial charge in [-0.1, -0.05) is 0 Å². The molecule has 0 aliphatic carbocycles. The number of pyridine rings is 1. The summed E-state index contributed by atoms with van der Waals surface area (Å²) < 4.78 is 23.0. The number of sulfonamides is 1. The number of aromatic nitrogens is 2. The van der Waals surface area contributed by atoms with Crippen LogP contribution < -0.4 is 5.14 Å². The minimum Gasteiger partial charge on any atom is -0.345 e. The molecule has 14 heavy (non-hydrogen) atoms. The number of hydrogen-bond acceptors (Lipinski definition) is 3. The van der Waals surface area contributed by atoms with Gasteiger partial charge in [0, 0.05) is 16.9 Å². The molecule has 0 unspecified atom stereocenters. The van der Waals surface area contributed by atoms with Crippen LogP contribution in [-0.2, 0) is 10.0 Å². The summed E-state index contributed by atoms with van der Waals surface area (Å²) in [5.41, 5.74) is 0.489. The van der Waals surface area contributed by atoms with Crippen LogP contribution in [0.25, 0.3) is 11.0 Å². The first-order valence-corrected chi connectivity index (χ1v) is 5.98. The van der Waals surface area contributed by atoms with Gasteiger partial charge in [0.05, 0.1) is 5.39 Å². The molecule has 2 heterocycles. The average molecular weight is 276 g/mol. The van der Waals surface area contributed by atoms with E-state index in [9.17, 15) is 8.42 Å². The normalized spacial score (nSPS) is 12.1. The molecule has 0 aliphatic rings. The monoisotopic (exact) mass is 275 g/mol. The zero-order chi connectivity index (χ0) is 10.3. The standard InChI is InChI=1S/C7H6BrN3O2S/c8-4-1-2-10-7-6(4)5(3-11-7)14(9,12)13/h1-3H,(H,10,11)(H2,9,12,13). The van der Waals surface area contributed by atoms with E-state index in [0.29, 0.717) is 15.5 Å². The molecule has 2 aromatic heterocycles. The lowest BCUT2D eigenvalue weighted by Gasteiger charge is -1.96. The molecule has 74 valence electrons. The maximum atomic E-state index is 11.2. The molecular weight excluding hydrogens is 270 g/mol. The van der Waals surface area contributed by atoms with Crippen molar-refractivity contribution in [2.75, 3.05) is 0 Å². The summed E-state index contributed by atoms with van der Waals surface area (Å²) in [6.45, 7) is 0. The number of rotatable bonds is 1. The fourth-order valence-electron chi connectivity index (χ4n) is 1.21. The molecule has 0 fully saturated rings. The number of nitrogens with two attached hydrogens (primary N) is 1. The molecule has 0 spiro atoms. The van der Waals surface area contributed by atoms with Gasteiger partial charge in [-0.25, -0.2) is 18.5 Å². The Bertz CT molecular complexity index is 590. The highest BCUT2D eigenvalue weighted by atomic mass is 79.9. The van der Waals surface area contributed by atoms with Gasteiger partial charge in [-0.05, 0) is 22.0 Å². The molecule has 0 aromatic carbocycles. The van der Waals surface area contributed by atoms with E-state index in [0.717, 1.165) is 0 Å². The summed E-state index contributed by atoms with van der Waals surface area (Å²) in [7, 11) is -3.71. The Morgan fingerprint density at radius 3 is 2.86 bits per heavy atom. The van der Waals surface area contributed by atoms with Crippen molar-refractivity contribution in [1.29, 1.82) is 0 Å². The van der Waals surface area contributed by atoms with Crippen molar-refractivity contribution in [2.24, 2.45) is 5.14 Å². The number of aromatic amines is 1. The second-order valence-corrected chi connectivity index (χ2v) is 5.10. The van der Waals surface area contributed by atoms with Crippen molar-refractivity contribution in [2.45, 2.75) is 4.90 Å². The molecule has 0 saturated heterocycles. The van der Waals surface area contributed by atoms with E-state index in [1.165, 1.54) is 6.20 Å². The lowest BCUT2D eigenvalue weighted by atomic mass is 10.3. The lowest BCUT2D eigenvalue weighted by molar-refractivity contribution is 0.598. The molecular formula is C7H6BrN3O2S. The first-order chi connectivity index (χ1) is 6.50. The third kappa shape index (κ3) is 1.43. The molecule has 3 N–H and O–H groups in total. The molecule has 5 nitrogen and oxygen atoms in total. The van der Waals surface area contributed by atoms with Gasteiger partial charge >= 0.3 is 0 Å². The van der Waals surface area contributed by atoms with Crippen LogP contribution in [0.4, 0.5) is 0 Å². The SMILES string of the molecule is NS(=O)(=O)c1c[nH]c2nccc(Br)c12. The number of H-pyrrole nitrogens is 1. The maximum absolute atomic E-state index is 11.2. The van der Waals surface area contributed by atoms with Crippen molar-refractivity contribution >= 4 is 37.0 Å². The van der Waals surface area contributed by atoms with E-state index in [1.54, 1.807) is 12.3 Å². The predicted molar refractivity (Wildman–Crippen MR) is 55.2 cm³/mol. The Morgan fingerprint density at radius 1 is 1.50 bits per heavy atom. The third-order valence-electron chi connectivity index (χ3n) is 1.79. The fourth-order valence-corrected chi connectivity index (χ4v) is 2.58. The van der Waals surface area contributed by atoms with Crippen LogP contribution in [0.15, 0.2) is 27.8 Å². The quantitative estimate of drug-likeness (QED) is 0.813. The highest BCUT2D eigenvalue weighted by Crippen LogP contribution is 2.27. The molecule has 0 radical (unpaired) electrons. The van der Waals surface area contributed by atoms with Crippen LogP contribution in [0.2, 0.25) is 0 Å². The van der Waals surface area contributed by atoms with Crippen LogP contribution in [-0.4, -0.2) is 18.4 Å². The highest BCUT2D eigenvalue weighted by molar-refractivity contribution is 9.10. The molecule has 0 bridgehead atoms. The van der Waals surface area contributed by atoms with E-state index >= 15 is 0 Å². The van der Waals surface area contributed by atoms with E-state index in [1.807, 2.05) is 0 Å². The van der Waals surface area contributed by atoms with E-state index in [2.05, 4.69) is 25.9 Å². The van der Waals surface area contributed by atoms with Gasteiger partial charge in [0.2, 0.25) is 10.0 Å². The number of halogens is 1. The average Bonchev–Trinajstić information content (AvgIpc) is 2.47. The Labute approximate surface area is 88.5 Å². The molecule has 0 saturated carbocycles. The number of nitrogens with one attached hydrogen (secondary N) is 1. The van der Waals surface area contributed by atoms with Crippen LogP contribution in [0.3, 0.4) is 0 Å². The summed E-state index contributed by atoms with van der Waals surface area (Å²) in [4.78, 5) is 6.75. The Hall–Kier alpha value is -0.920. The predicted octanol–water partition coefficient (Wildman–Crippen LogP) is 0.973. The summed E-state index contributed by atoms with van der Waals surface area (Å²) in [6, 6.07) is 1.66. The molecule has 0 atom stereocenters. The Balaban J connectivity index is 2.94.